The Hall–Kier alpha value is -3.59. The van der Waals surface area contributed by atoms with Crippen molar-refractivity contribution in [1.29, 1.82) is 0 Å². The summed E-state index contributed by atoms with van der Waals surface area (Å²) >= 11 is 0. The number of aryl methyl sites for hydroxylation is 1. The van der Waals surface area contributed by atoms with Crippen LogP contribution in [-0.4, -0.2) is 56.7 Å². The SMILES string of the molecule is CCC(CO)NC(=O)c1cnccc1N1CCOc2cnc(-c3cccc(C)n3)nc21. The van der Waals surface area contributed by atoms with Gasteiger partial charge in [-0.25, -0.2) is 15.0 Å². The summed E-state index contributed by atoms with van der Waals surface area (Å²) in [6.07, 6.45) is 5.41. The van der Waals surface area contributed by atoms with Crippen LogP contribution in [0.4, 0.5) is 11.5 Å². The lowest BCUT2D eigenvalue weighted by atomic mass is 10.1. The van der Waals surface area contributed by atoms with E-state index in [0.717, 1.165) is 5.69 Å². The van der Waals surface area contributed by atoms with Crippen LogP contribution in [0, 0.1) is 6.92 Å². The van der Waals surface area contributed by atoms with Crippen molar-refractivity contribution in [2.75, 3.05) is 24.7 Å². The molecule has 9 nitrogen and oxygen atoms in total. The number of aromatic nitrogens is 4. The Morgan fingerprint density at radius 1 is 1.29 bits per heavy atom. The van der Waals surface area contributed by atoms with Crippen LogP contribution in [0.5, 0.6) is 5.75 Å². The number of hydrogen-bond acceptors (Lipinski definition) is 8. The fraction of sp³-hybridized carbons (Fsp3) is 0.318. The Morgan fingerprint density at radius 2 is 2.16 bits per heavy atom. The van der Waals surface area contributed by atoms with Crippen molar-refractivity contribution in [3.8, 4) is 17.3 Å². The highest BCUT2D eigenvalue weighted by Crippen LogP contribution is 2.36. The third-order valence-corrected chi connectivity index (χ3v) is 5.06. The standard InChI is InChI=1S/C22H24N6O3/c1-3-15(13-29)26-22(30)16-11-23-8-7-18(16)28-9-10-31-19-12-24-20(27-21(19)28)17-6-4-5-14(2)25-17/h4-8,11-12,15,29H,3,9-10,13H2,1-2H3,(H,26,30). The summed E-state index contributed by atoms with van der Waals surface area (Å²) in [4.78, 5) is 32.6. The van der Waals surface area contributed by atoms with E-state index < -0.39 is 0 Å². The van der Waals surface area contributed by atoms with Gasteiger partial charge in [-0.3, -0.25) is 9.78 Å². The van der Waals surface area contributed by atoms with E-state index in [9.17, 15) is 9.90 Å². The van der Waals surface area contributed by atoms with Crippen LogP contribution < -0.4 is 15.0 Å². The first-order valence-electron chi connectivity index (χ1n) is 10.2. The number of carbonyl (C=O) groups excluding carboxylic acids is 1. The molecular formula is C22H24N6O3. The van der Waals surface area contributed by atoms with Crippen molar-refractivity contribution in [3.63, 3.8) is 0 Å². The van der Waals surface area contributed by atoms with Gasteiger partial charge in [0.05, 0.1) is 36.6 Å². The van der Waals surface area contributed by atoms with E-state index in [1.165, 1.54) is 6.20 Å². The number of nitrogens with one attached hydrogen (secondary N) is 1. The smallest absolute Gasteiger partial charge is 0.255 e. The Bertz CT molecular complexity index is 1090. The number of carbonyl (C=O) groups is 1. The predicted octanol–water partition coefficient (Wildman–Crippen LogP) is 2.27. The predicted molar refractivity (Wildman–Crippen MR) is 115 cm³/mol. The first-order valence-corrected chi connectivity index (χ1v) is 10.2. The van der Waals surface area contributed by atoms with Crippen molar-refractivity contribution in [3.05, 3.63) is 54.1 Å². The molecule has 3 aromatic heterocycles. The largest absolute Gasteiger partial charge is 0.486 e. The minimum atomic E-state index is -0.321. The molecule has 0 fully saturated rings. The molecule has 0 saturated carbocycles. The molecule has 2 N–H and O–H groups in total. The van der Waals surface area contributed by atoms with Crippen LogP contribution >= 0.6 is 0 Å². The Labute approximate surface area is 180 Å². The van der Waals surface area contributed by atoms with Gasteiger partial charge in [-0.15, -0.1) is 0 Å². The molecular weight excluding hydrogens is 396 g/mol. The number of anilines is 2. The number of amides is 1. The minimum absolute atomic E-state index is 0.127. The lowest BCUT2D eigenvalue weighted by Gasteiger charge is -2.31. The maximum absolute atomic E-state index is 12.9. The van der Waals surface area contributed by atoms with Crippen LogP contribution in [-0.2, 0) is 0 Å². The normalized spacial score (nSPS) is 13.8. The summed E-state index contributed by atoms with van der Waals surface area (Å²) in [6, 6.07) is 7.13. The van der Waals surface area contributed by atoms with Gasteiger partial charge in [0, 0.05) is 18.1 Å². The number of nitrogens with zero attached hydrogens (tertiary/aromatic N) is 5. The molecule has 0 spiro atoms. The second-order valence-electron chi connectivity index (χ2n) is 7.20. The maximum atomic E-state index is 12.9. The highest BCUT2D eigenvalue weighted by molar-refractivity contribution is 6.00. The third-order valence-electron chi connectivity index (χ3n) is 5.06. The molecule has 0 radical (unpaired) electrons. The van der Waals surface area contributed by atoms with Gasteiger partial charge < -0.3 is 20.1 Å². The van der Waals surface area contributed by atoms with Gasteiger partial charge in [0.25, 0.3) is 5.91 Å². The highest BCUT2D eigenvalue weighted by Gasteiger charge is 2.27. The summed E-state index contributed by atoms with van der Waals surface area (Å²) in [5, 5.41) is 12.3. The molecule has 1 atom stereocenters. The average Bonchev–Trinajstić information content (AvgIpc) is 2.81. The lowest BCUT2D eigenvalue weighted by Crippen LogP contribution is -2.38. The van der Waals surface area contributed by atoms with Crippen molar-refractivity contribution < 1.29 is 14.6 Å². The lowest BCUT2D eigenvalue weighted by molar-refractivity contribution is 0.0915. The molecule has 31 heavy (non-hydrogen) atoms. The molecule has 4 heterocycles. The summed E-state index contributed by atoms with van der Waals surface area (Å²) in [5.41, 5.74) is 2.59. The molecule has 9 heteroatoms. The zero-order valence-electron chi connectivity index (χ0n) is 17.4. The number of hydrogen-bond donors (Lipinski definition) is 2. The number of aliphatic hydroxyl groups excluding tert-OH is 1. The van der Waals surface area contributed by atoms with Crippen LogP contribution in [0.25, 0.3) is 11.5 Å². The summed E-state index contributed by atoms with van der Waals surface area (Å²) in [5.74, 6) is 1.28. The van der Waals surface area contributed by atoms with E-state index >= 15 is 0 Å². The second kappa shape index (κ2) is 9.05. The van der Waals surface area contributed by atoms with E-state index in [1.54, 1.807) is 18.5 Å². The quantitative estimate of drug-likeness (QED) is 0.624. The molecule has 1 unspecified atom stereocenters. The fourth-order valence-electron chi connectivity index (χ4n) is 3.37. The van der Waals surface area contributed by atoms with Gasteiger partial charge in [0.1, 0.15) is 12.3 Å². The Kier molecular flexibility index (Phi) is 6.03. The maximum Gasteiger partial charge on any atom is 0.255 e. The third kappa shape index (κ3) is 4.31. The van der Waals surface area contributed by atoms with Crippen molar-refractivity contribution in [2.24, 2.45) is 0 Å². The monoisotopic (exact) mass is 420 g/mol. The van der Waals surface area contributed by atoms with E-state index in [2.05, 4.69) is 20.3 Å². The number of fused-ring (bicyclic) bond motifs is 1. The topological polar surface area (TPSA) is 113 Å². The zero-order chi connectivity index (χ0) is 21.8. The van der Waals surface area contributed by atoms with Gasteiger partial charge in [0.2, 0.25) is 0 Å². The Morgan fingerprint density at radius 3 is 2.94 bits per heavy atom. The van der Waals surface area contributed by atoms with Crippen molar-refractivity contribution >= 4 is 17.4 Å². The van der Waals surface area contributed by atoms with Crippen LogP contribution in [0.2, 0.25) is 0 Å². The molecule has 1 amide bonds. The average molecular weight is 420 g/mol. The molecule has 1 aliphatic rings. The van der Waals surface area contributed by atoms with Gasteiger partial charge in [-0.2, -0.15) is 0 Å². The number of rotatable bonds is 6. The van der Waals surface area contributed by atoms with Crippen LogP contribution in [0.1, 0.15) is 29.4 Å². The molecule has 3 aromatic rings. The van der Waals surface area contributed by atoms with E-state index in [4.69, 9.17) is 9.72 Å². The van der Waals surface area contributed by atoms with Crippen molar-refractivity contribution in [2.45, 2.75) is 26.3 Å². The second-order valence-corrected chi connectivity index (χ2v) is 7.20. The molecule has 0 saturated heterocycles. The summed E-state index contributed by atoms with van der Waals surface area (Å²) < 4.78 is 5.75. The van der Waals surface area contributed by atoms with E-state index in [-0.39, 0.29) is 18.6 Å². The minimum Gasteiger partial charge on any atom is -0.486 e. The fourth-order valence-corrected chi connectivity index (χ4v) is 3.37. The molecule has 1 aliphatic heterocycles. The number of aliphatic hydroxyl groups is 1. The zero-order valence-corrected chi connectivity index (χ0v) is 17.4. The number of ether oxygens (including phenoxy) is 1. The van der Waals surface area contributed by atoms with Crippen molar-refractivity contribution in [1.82, 2.24) is 25.3 Å². The van der Waals surface area contributed by atoms with E-state index in [0.29, 0.717) is 53.9 Å². The molecule has 4 rings (SSSR count). The van der Waals surface area contributed by atoms with Crippen LogP contribution in [0.3, 0.4) is 0 Å². The summed E-state index contributed by atoms with van der Waals surface area (Å²) in [7, 11) is 0. The first-order chi connectivity index (χ1) is 15.1. The molecule has 0 bridgehead atoms. The van der Waals surface area contributed by atoms with Crippen LogP contribution in [0.15, 0.2) is 42.9 Å². The molecule has 0 aliphatic carbocycles. The van der Waals surface area contributed by atoms with Gasteiger partial charge in [0.15, 0.2) is 17.4 Å². The number of pyridine rings is 2. The summed E-state index contributed by atoms with van der Waals surface area (Å²) in [6.45, 7) is 4.62. The van der Waals surface area contributed by atoms with Gasteiger partial charge in [-0.1, -0.05) is 13.0 Å². The van der Waals surface area contributed by atoms with Gasteiger partial charge >= 0.3 is 0 Å². The van der Waals surface area contributed by atoms with Gasteiger partial charge in [-0.05, 0) is 31.5 Å². The van der Waals surface area contributed by atoms with E-state index in [1.807, 2.05) is 36.9 Å². The molecule has 0 aromatic carbocycles. The highest BCUT2D eigenvalue weighted by atomic mass is 16.5. The Balaban J connectivity index is 1.73. The molecule has 160 valence electrons. The first kappa shape index (κ1) is 20.7.